The predicted octanol–water partition coefficient (Wildman–Crippen LogP) is 6.11. The Morgan fingerprint density at radius 3 is 2.49 bits per heavy atom. The third-order valence-electron chi connectivity index (χ3n) is 6.17. The number of carbonyl (C=O) groups excluding carboxylic acids is 4. The Labute approximate surface area is 250 Å². The molecule has 0 spiro atoms. The van der Waals surface area contributed by atoms with Gasteiger partial charge in [-0.1, -0.05) is 29.8 Å². The average molecular weight is 641 g/mol. The lowest BCUT2D eigenvalue weighted by Gasteiger charge is -2.27. The van der Waals surface area contributed by atoms with Crippen LogP contribution in [0.25, 0.3) is 6.08 Å². The van der Waals surface area contributed by atoms with Gasteiger partial charge in [0.15, 0.2) is 18.1 Å². The van der Waals surface area contributed by atoms with Gasteiger partial charge >= 0.3 is 6.03 Å². The van der Waals surface area contributed by atoms with E-state index >= 15 is 0 Å². The van der Waals surface area contributed by atoms with Gasteiger partial charge in [0.2, 0.25) is 0 Å². The van der Waals surface area contributed by atoms with Crippen molar-refractivity contribution in [1.82, 2.24) is 5.32 Å². The third kappa shape index (κ3) is 6.78. The summed E-state index contributed by atoms with van der Waals surface area (Å²) in [5, 5.41) is 5.38. The molecule has 2 N–H and O–H groups in total. The lowest BCUT2D eigenvalue weighted by atomic mass is 10.1. The first-order chi connectivity index (χ1) is 19.5. The van der Waals surface area contributed by atoms with Crippen molar-refractivity contribution < 1.29 is 28.7 Å². The van der Waals surface area contributed by atoms with Gasteiger partial charge in [0.1, 0.15) is 5.57 Å². The van der Waals surface area contributed by atoms with Gasteiger partial charge in [-0.25, -0.2) is 9.69 Å². The number of barbiturate groups is 1. The van der Waals surface area contributed by atoms with Gasteiger partial charge in [-0.2, -0.15) is 0 Å². The lowest BCUT2D eigenvalue weighted by molar-refractivity contribution is -0.122. The van der Waals surface area contributed by atoms with Crippen LogP contribution in [0.1, 0.15) is 29.2 Å². The fraction of sp³-hybridized carbons (Fsp3) is 0.200. The fourth-order valence-electron chi connectivity index (χ4n) is 4.14. The molecule has 4 rings (SSSR count). The molecule has 0 aromatic heterocycles. The van der Waals surface area contributed by atoms with Gasteiger partial charge in [0, 0.05) is 10.7 Å². The molecule has 0 unspecified atom stereocenters. The van der Waals surface area contributed by atoms with E-state index in [1.54, 1.807) is 38.1 Å². The van der Waals surface area contributed by atoms with E-state index in [2.05, 4.69) is 26.6 Å². The van der Waals surface area contributed by atoms with Gasteiger partial charge in [-0.15, -0.1) is 0 Å². The molecular formula is C30H27BrClN3O6. The van der Waals surface area contributed by atoms with Gasteiger partial charge in [-0.05, 0) is 102 Å². The molecule has 11 heteroatoms. The van der Waals surface area contributed by atoms with Crippen LogP contribution in [0.4, 0.5) is 16.2 Å². The topological polar surface area (TPSA) is 114 Å². The summed E-state index contributed by atoms with van der Waals surface area (Å²) >= 11 is 9.54. The molecule has 1 fully saturated rings. The second kappa shape index (κ2) is 12.6. The molecule has 0 bridgehead atoms. The van der Waals surface area contributed by atoms with Gasteiger partial charge < -0.3 is 14.8 Å². The fourth-order valence-corrected chi connectivity index (χ4v) is 4.88. The Kier molecular flexibility index (Phi) is 9.14. The minimum Gasteiger partial charge on any atom is -0.490 e. The number of urea groups is 1. The number of anilines is 2. The number of halogens is 2. The molecule has 3 aromatic rings. The molecule has 41 heavy (non-hydrogen) atoms. The number of rotatable bonds is 8. The smallest absolute Gasteiger partial charge is 0.335 e. The molecular weight excluding hydrogens is 614 g/mol. The van der Waals surface area contributed by atoms with E-state index in [-0.39, 0.29) is 41.9 Å². The van der Waals surface area contributed by atoms with Crippen LogP contribution >= 0.6 is 27.5 Å². The molecule has 1 saturated heterocycles. The van der Waals surface area contributed by atoms with Crippen LogP contribution in [0.3, 0.4) is 0 Å². The molecule has 9 nitrogen and oxygen atoms in total. The summed E-state index contributed by atoms with van der Waals surface area (Å²) in [4.78, 5) is 52.2. The van der Waals surface area contributed by atoms with Crippen molar-refractivity contribution in [3.05, 3.63) is 85.9 Å². The summed E-state index contributed by atoms with van der Waals surface area (Å²) in [6, 6.07) is 12.9. The average Bonchev–Trinajstić information content (AvgIpc) is 2.90. The van der Waals surface area contributed by atoms with E-state index < -0.39 is 17.8 Å². The zero-order valence-electron chi connectivity index (χ0n) is 22.8. The van der Waals surface area contributed by atoms with Crippen LogP contribution in [0.5, 0.6) is 11.5 Å². The number of hydrogen-bond acceptors (Lipinski definition) is 6. The molecule has 0 aliphatic carbocycles. The zero-order chi connectivity index (χ0) is 29.8. The summed E-state index contributed by atoms with van der Waals surface area (Å²) in [7, 11) is 0. The second-order valence-corrected chi connectivity index (χ2v) is 10.6. The number of hydrogen-bond donors (Lipinski definition) is 2. The first kappa shape index (κ1) is 29.8. The van der Waals surface area contributed by atoms with E-state index in [1.165, 1.54) is 12.1 Å². The molecule has 1 heterocycles. The zero-order valence-corrected chi connectivity index (χ0v) is 25.1. The maximum atomic E-state index is 13.4. The summed E-state index contributed by atoms with van der Waals surface area (Å²) in [5.41, 5.74) is 3.67. The third-order valence-corrected chi connectivity index (χ3v) is 7.00. The summed E-state index contributed by atoms with van der Waals surface area (Å²) in [6.45, 7) is 7.34. The highest BCUT2D eigenvalue weighted by Crippen LogP contribution is 2.38. The summed E-state index contributed by atoms with van der Waals surface area (Å²) < 4.78 is 12.0. The first-order valence-electron chi connectivity index (χ1n) is 12.6. The number of imide groups is 2. The minimum atomic E-state index is -0.874. The number of nitrogens with zero attached hydrogens (tertiary/aromatic N) is 1. The Bertz CT molecular complexity index is 1600. The van der Waals surface area contributed by atoms with Crippen molar-refractivity contribution in [2.75, 3.05) is 23.4 Å². The highest BCUT2D eigenvalue weighted by atomic mass is 79.9. The van der Waals surface area contributed by atoms with Gasteiger partial charge in [0.05, 0.1) is 16.8 Å². The number of nitrogens with one attached hydrogen (secondary N) is 2. The van der Waals surface area contributed by atoms with E-state index in [9.17, 15) is 19.2 Å². The normalized spacial score (nSPS) is 14.2. The molecule has 0 radical (unpaired) electrons. The lowest BCUT2D eigenvalue weighted by Crippen LogP contribution is -2.54. The Balaban J connectivity index is 1.60. The van der Waals surface area contributed by atoms with Crippen molar-refractivity contribution in [2.24, 2.45) is 0 Å². The predicted molar refractivity (Wildman–Crippen MR) is 161 cm³/mol. The van der Waals surface area contributed by atoms with Crippen molar-refractivity contribution in [1.29, 1.82) is 0 Å². The molecule has 3 aromatic carbocycles. The molecule has 1 aliphatic rings. The Morgan fingerprint density at radius 1 is 1.02 bits per heavy atom. The number of aryl methyl sites for hydroxylation is 3. The van der Waals surface area contributed by atoms with Gasteiger partial charge in [-0.3, -0.25) is 19.7 Å². The summed E-state index contributed by atoms with van der Waals surface area (Å²) in [6.07, 6.45) is 1.35. The Morgan fingerprint density at radius 2 is 1.76 bits per heavy atom. The van der Waals surface area contributed by atoms with Crippen LogP contribution in [0.2, 0.25) is 5.02 Å². The number of ether oxygens (including phenoxy) is 2. The van der Waals surface area contributed by atoms with E-state index in [0.29, 0.717) is 26.3 Å². The van der Waals surface area contributed by atoms with Crippen molar-refractivity contribution >= 4 is 68.7 Å². The molecule has 5 amide bonds. The maximum Gasteiger partial charge on any atom is 0.335 e. The Hall–Kier alpha value is -4.15. The molecule has 0 atom stereocenters. The molecule has 1 aliphatic heterocycles. The van der Waals surface area contributed by atoms with E-state index in [4.69, 9.17) is 21.1 Å². The van der Waals surface area contributed by atoms with Crippen LogP contribution in [-0.4, -0.2) is 37.0 Å². The standard InChI is InChI=1S/C30H27BrClN3O6/c1-5-40-25-13-19(12-22(31)27(25)41-15-26(36)33-23-10-16(2)6-7-17(23)3)11-21-28(37)34-30(39)35(29(21)38)24-14-20(32)9-8-18(24)4/h6-14H,5,15H2,1-4H3,(H,33,36)(H,34,37,39)/b21-11+. The van der Waals surface area contributed by atoms with Crippen molar-refractivity contribution in [3.63, 3.8) is 0 Å². The van der Waals surface area contributed by atoms with E-state index in [1.807, 2.05) is 32.0 Å². The minimum absolute atomic E-state index is 0.262. The van der Waals surface area contributed by atoms with Gasteiger partial charge in [0.25, 0.3) is 17.7 Å². The summed E-state index contributed by atoms with van der Waals surface area (Å²) in [5.74, 6) is -1.44. The monoisotopic (exact) mass is 639 g/mol. The highest BCUT2D eigenvalue weighted by molar-refractivity contribution is 9.10. The molecule has 212 valence electrons. The van der Waals surface area contributed by atoms with E-state index in [0.717, 1.165) is 16.0 Å². The van der Waals surface area contributed by atoms with Crippen LogP contribution in [-0.2, 0) is 14.4 Å². The second-order valence-electron chi connectivity index (χ2n) is 9.31. The first-order valence-corrected chi connectivity index (χ1v) is 13.8. The number of benzene rings is 3. The van der Waals surface area contributed by atoms with Crippen LogP contribution in [0.15, 0.2) is 58.6 Å². The molecule has 0 saturated carbocycles. The maximum absolute atomic E-state index is 13.4. The largest absolute Gasteiger partial charge is 0.490 e. The van der Waals surface area contributed by atoms with Crippen molar-refractivity contribution in [3.8, 4) is 11.5 Å². The van der Waals surface area contributed by atoms with Crippen LogP contribution in [0, 0.1) is 20.8 Å². The quantitative estimate of drug-likeness (QED) is 0.227. The number of carbonyl (C=O) groups is 4. The SMILES string of the molecule is CCOc1cc(/C=C2\C(=O)NC(=O)N(c3cc(Cl)ccc3C)C2=O)cc(Br)c1OCC(=O)Nc1cc(C)ccc1C. The highest BCUT2D eigenvalue weighted by Gasteiger charge is 2.37. The van der Waals surface area contributed by atoms with Crippen LogP contribution < -0.4 is 25.0 Å². The number of amides is 5. The van der Waals surface area contributed by atoms with Crippen molar-refractivity contribution in [2.45, 2.75) is 27.7 Å².